The van der Waals surface area contributed by atoms with Gasteiger partial charge in [0.1, 0.15) is 19.8 Å². The number of carbonyl (C=O) groups is 2. The number of hydrogen-bond donors (Lipinski definition) is 1. The van der Waals surface area contributed by atoms with E-state index in [0.717, 1.165) is 0 Å². The van der Waals surface area contributed by atoms with Gasteiger partial charge in [-0.15, -0.1) is 12.4 Å². The van der Waals surface area contributed by atoms with Crippen molar-refractivity contribution in [2.75, 3.05) is 39.5 Å². The van der Waals surface area contributed by atoms with Crippen LogP contribution in [0.5, 0.6) is 0 Å². The molecular weight excluding hydrogens is 328 g/mol. The summed E-state index contributed by atoms with van der Waals surface area (Å²) in [6.07, 6.45) is 1.31. The average molecular weight is 351 g/mol. The van der Waals surface area contributed by atoms with E-state index >= 15 is 0 Å². The zero-order valence-corrected chi connectivity index (χ0v) is 13.9. The van der Waals surface area contributed by atoms with Crippen LogP contribution in [0, 0.1) is 5.41 Å². The Bertz CT molecular complexity index is 403. The Morgan fingerprint density at radius 2 is 1.70 bits per heavy atom. The third-order valence-corrected chi connectivity index (χ3v) is 2.14. The summed E-state index contributed by atoms with van der Waals surface area (Å²) in [6.45, 7) is 8.81. The number of halogens is 1. The lowest BCUT2D eigenvalue weighted by Crippen LogP contribution is -2.39. The minimum Gasteiger partial charge on any atom is -0.480 e. The van der Waals surface area contributed by atoms with Crippen molar-refractivity contribution in [3.05, 3.63) is 25.3 Å². The molecule has 0 heterocycles. The van der Waals surface area contributed by atoms with Crippen molar-refractivity contribution < 1.29 is 28.5 Å². The Kier molecular flexibility index (Phi) is 14.7. The number of nitrogens with one attached hydrogen (secondary N) is 1. The van der Waals surface area contributed by atoms with Crippen molar-refractivity contribution in [2.24, 2.45) is 0 Å². The topological polar surface area (TPSA) is 98.2 Å². The summed E-state index contributed by atoms with van der Waals surface area (Å²) in [5.74, 6) is -0.0905. The van der Waals surface area contributed by atoms with Crippen LogP contribution in [-0.4, -0.2) is 62.6 Å². The van der Waals surface area contributed by atoms with Gasteiger partial charge in [0.15, 0.2) is 0 Å². The monoisotopic (exact) mass is 350 g/mol. The Labute approximate surface area is 141 Å². The summed E-state index contributed by atoms with van der Waals surface area (Å²) in [5.41, 5.74) is 0. The second-order valence-electron chi connectivity index (χ2n) is 3.84. The van der Waals surface area contributed by atoms with Gasteiger partial charge in [0.25, 0.3) is 0 Å². The highest BCUT2D eigenvalue weighted by Crippen LogP contribution is 1.98. The molecule has 1 N–H and O–H groups in total. The molecule has 0 atom stereocenters. The van der Waals surface area contributed by atoms with Crippen molar-refractivity contribution in [3.63, 3.8) is 0 Å². The first kappa shape index (κ1) is 23.1. The summed E-state index contributed by atoms with van der Waals surface area (Å²) < 4.78 is 19.3. The van der Waals surface area contributed by atoms with Crippen molar-refractivity contribution in [2.45, 2.75) is 6.92 Å². The van der Waals surface area contributed by atoms with E-state index < -0.39 is 12.2 Å². The van der Waals surface area contributed by atoms with Crippen molar-refractivity contribution >= 4 is 30.6 Å². The van der Waals surface area contributed by atoms with Gasteiger partial charge in [0, 0.05) is 0 Å². The minimum absolute atomic E-state index is 0. The second-order valence-corrected chi connectivity index (χ2v) is 3.84. The van der Waals surface area contributed by atoms with Gasteiger partial charge in [0.05, 0.1) is 19.7 Å². The van der Waals surface area contributed by atoms with Crippen LogP contribution in [-0.2, 0) is 18.9 Å². The standard InChI is InChI=1S/C14H22N2O6.ClH/c1-4-8-20-13(17)16(11-12(15)19-6-3)7-10-22-14(18)21-9-5-2;/h4-5,15H,1-2,6-11H2,3H3;1H. The van der Waals surface area contributed by atoms with E-state index in [1.807, 2.05) is 0 Å². The number of nitrogens with zero attached hydrogens (tertiary/aromatic N) is 1. The first-order valence-corrected chi connectivity index (χ1v) is 6.68. The van der Waals surface area contributed by atoms with Crippen molar-refractivity contribution in [1.82, 2.24) is 4.90 Å². The molecule has 132 valence electrons. The van der Waals surface area contributed by atoms with Gasteiger partial charge < -0.3 is 18.9 Å². The molecular formula is C14H23ClN2O6. The lowest BCUT2D eigenvalue weighted by molar-refractivity contribution is 0.0526. The first-order chi connectivity index (χ1) is 10.5. The molecule has 9 heteroatoms. The smallest absolute Gasteiger partial charge is 0.480 e. The molecule has 0 spiro atoms. The lowest BCUT2D eigenvalue weighted by Gasteiger charge is -2.21. The largest absolute Gasteiger partial charge is 0.508 e. The highest BCUT2D eigenvalue weighted by Gasteiger charge is 2.18. The van der Waals surface area contributed by atoms with Crippen LogP contribution >= 0.6 is 12.4 Å². The van der Waals surface area contributed by atoms with Gasteiger partial charge in [-0.05, 0) is 6.92 Å². The maximum atomic E-state index is 11.8. The molecule has 1 amide bonds. The molecule has 0 rings (SSSR count). The first-order valence-electron chi connectivity index (χ1n) is 6.68. The van der Waals surface area contributed by atoms with Gasteiger partial charge in [-0.3, -0.25) is 10.3 Å². The van der Waals surface area contributed by atoms with Crippen molar-refractivity contribution in [1.29, 1.82) is 5.41 Å². The molecule has 0 radical (unpaired) electrons. The van der Waals surface area contributed by atoms with Gasteiger partial charge in [0.2, 0.25) is 5.90 Å². The quantitative estimate of drug-likeness (QED) is 0.281. The molecule has 0 aliphatic carbocycles. The molecule has 23 heavy (non-hydrogen) atoms. The molecule has 0 bridgehead atoms. The van der Waals surface area contributed by atoms with Gasteiger partial charge in [-0.25, -0.2) is 9.59 Å². The zero-order chi connectivity index (χ0) is 16.8. The zero-order valence-electron chi connectivity index (χ0n) is 13.1. The number of ether oxygens (including phenoxy) is 4. The third-order valence-electron chi connectivity index (χ3n) is 2.14. The van der Waals surface area contributed by atoms with Crippen LogP contribution in [0.1, 0.15) is 6.92 Å². The summed E-state index contributed by atoms with van der Waals surface area (Å²) >= 11 is 0. The van der Waals surface area contributed by atoms with E-state index in [4.69, 9.17) is 19.6 Å². The van der Waals surface area contributed by atoms with Crippen molar-refractivity contribution in [3.8, 4) is 0 Å². The highest BCUT2D eigenvalue weighted by atomic mass is 35.5. The maximum Gasteiger partial charge on any atom is 0.508 e. The lowest BCUT2D eigenvalue weighted by atomic mass is 10.5. The van der Waals surface area contributed by atoms with Crippen LogP contribution in [0.4, 0.5) is 9.59 Å². The molecule has 0 saturated heterocycles. The fourth-order valence-electron chi connectivity index (χ4n) is 1.26. The van der Waals surface area contributed by atoms with Crippen LogP contribution in [0.15, 0.2) is 25.3 Å². The number of carbonyl (C=O) groups excluding carboxylic acids is 2. The summed E-state index contributed by atoms with van der Waals surface area (Å²) in [5, 5.41) is 7.57. The van der Waals surface area contributed by atoms with Crippen LogP contribution in [0.25, 0.3) is 0 Å². The molecule has 8 nitrogen and oxygen atoms in total. The second kappa shape index (κ2) is 14.7. The molecule has 0 aromatic carbocycles. The molecule has 0 unspecified atom stereocenters. The Balaban J connectivity index is 0. The van der Waals surface area contributed by atoms with E-state index in [1.165, 1.54) is 17.1 Å². The summed E-state index contributed by atoms with van der Waals surface area (Å²) in [6, 6.07) is 0. The van der Waals surface area contributed by atoms with Gasteiger partial charge >= 0.3 is 12.2 Å². The average Bonchev–Trinajstić information content (AvgIpc) is 2.49. The molecule has 0 aliphatic rings. The van der Waals surface area contributed by atoms with Crippen LogP contribution < -0.4 is 0 Å². The normalized spacial score (nSPS) is 8.91. The van der Waals surface area contributed by atoms with E-state index in [-0.39, 0.29) is 51.2 Å². The number of rotatable bonds is 10. The van der Waals surface area contributed by atoms with Gasteiger partial charge in [-0.1, -0.05) is 25.3 Å². The van der Waals surface area contributed by atoms with E-state index in [2.05, 4.69) is 17.9 Å². The van der Waals surface area contributed by atoms with E-state index in [9.17, 15) is 9.59 Å². The molecule has 0 aromatic heterocycles. The third kappa shape index (κ3) is 12.0. The fourth-order valence-corrected chi connectivity index (χ4v) is 1.26. The highest BCUT2D eigenvalue weighted by molar-refractivity contribution is 5.85. The number of amides is 1. The van der Waals surface area contributed by atoms with Gasteiger partial charge in [-0.2, -0.15) is 0 Å². The molecule has 0 aromatic rings. The molecule has 0 fully saturated rings. The fraction of sp³-hybridized carbons (Fsp3) is 0.500. The summed E-state index contributed by atoms with van der Waals surface area (Å²) in [7, 11) is 0. The Hall–Kier alpha value is -2.22. The Morgan fingerprint density at radius 3 is 2.26 bits per heavy atom. The predicted molar refractivity (Wildman–Crippen MR) is 87.2 cm³/mol. The maximum absolute atomic E-state index is 11.8. The van der Waals surface area contributed by atoms with Crippen LogP contribution in [0.2, 0.25) is 0 Å². The molecule has 0 saturated carbocycles. The van der Waals surface area contributed by atoms with E-state index in [1.54, 1.807) is 6.92 Å². The molecule has 0 aliphatic heterocycles. The van der Waals surface area contributed by atoms with E-state index in [0.29, 0.717) is 6.61 Å². The Morgan fingerprint density at radius 1 is 1.09 bits per heavy atom. The number of hydrogen-bond acceptors (Lipinski definition) is 7. The summed E-state index contributed by atoms with van der Waals surface area (Å²) in [4.78, 5) is 24.1. The van der Waals surface area contributed by atoms with Crippen LogP contribution in [0.3, 0.4) is 0 Å². The SMILES string of the molecule is C=CCOC(=O)OCCN(CC(=N)OCC)C(=O)OCC=C.Cl. The predicted octanol–water partition coefficient (Wildman–Crippen LogP) is 2.39. The minimum atomic E-state index is -0.862.